The van der Waals surface area contributed by atoms with Crippen LogP contribution in [0.25, 0.3) is 0 Å². The summed E-state index contributed by atoms with van der Waals surface area (Å²) in [5.41, 5.74) is 2.23. The Bertz CT molecular complexity index is 461. The molecule has 2 aromatic carbocycles. The Kier molecular flexibility index (Phi) is 4.82. The molecule has 1 unspecified atom stereocenters. The second-order valence-electron chi connectivity index (χ2n) is 3.59. The molecule has 0 heterocycles. The highest BCUT2D eigenvalue weighted by molar-refractivity contribution is 14.2. The molecule has 0 bridgehead atoms. The summed E-state index contributed by atoms with van der Waals surface area (Å²) in [6.45, 7) is 0. The SMILES string of the molecule is Fc1ccc(C(NSI)c2ccccc2)cc1. The van der Waals surface area contributed by atoms with Gasteiger partial charge in [-0.05, 0) is 32.4 Å². The molecule has 1 atom stereocenters. The Balaban J connectivity index is 2.32. The number of hydrogen-bond donors (Lipinski definition) is 1. The van der Waals surface area contributed by atoms with Crippen LogP contribution in [0.5, 0.6) is 0 Å². The third-order valence-electron chi connectivity index (χ3n) is 2.50. The summed E-state index contributed by atoms with van der Waals surface area (Å²) >= 11 is 2.19. The molecule has 2 rings (SSSR count). The normalized spacial score (nSPS) is 12.4. The molecule has 4 heteroatoms. The topological polar surface area (TPSA) is 12.0 Å². The van der Waals surface area contributed by atoms with Crippen LogP contribution in [-0.4, -0.2) is 0 Å². The van der Waals surface area contributed by atoms with Gasteiger partial charge in [-0.25, -0.2) is 9.11 Å². The predicted molar refractivity (Wildman–Crippen MR) is 79.4 cm³/mol. The van der Waals surface area contributed by atoms with E-state index in [9.17, 15) is 4.39 Å². The Morgan fingerprint density at radius 1 is 0.941 bits per heavy atom. The van der Waals surface area contributed by atoms with E-state index in [1.807, 2.05) is 30.3 Å². The van der Waals surface area contributed by atoms with Gasteiger partial charge in [0.15, 0.2) is 0 Å². The Morgan fingerprint density at radius 2 is 1.53 bits per heavy atom. The first kappa shape index (κ1) is 12.9. The lowest BCUT2D eigenvalue weighted by Crippen LogP contribution is -2.14. The molecule has 17 heavy (non-hydrogen) atoms. The van der Waals surface area contributed by atoms with Crippen molar-refractivity contribution in [3.8, 4) is 0 Å². The molecule has 0 fully saturated rings. The van der Waals surface area contributed by atoms with Crippen molar-refractivity contribution in [3.63, 3.8) is 0 Å². The van der Waals surface area contributed by atoms with E-state index in [1.165, 1.54) is 26.8 Å². The van der Waals surface area contributed by atoms with Crippen LogP contribution in [0.4, 0.5) is 4.39 Å². The fraction of sp³-hybridized carbons (Fsp3) is 0.0769. The smallest absolute Gasteiger partial charge is 0.123 e. The molecule has 0 spiro atoms. The van der Waals surface area contributed by atoms with Gasteiger partial charge >= 0.3 is 0 Å². The Labute approximate surface area is 117 Å². The first-order chi connectivity index (χ1) is 8.31. The second kappa shape index (κ2) is 6.37. The van der Waals surface area contributed by atoms with Gasteiger partial charge in [-0.2, -0.15) is 0 Å². The number of rotatable bonds is 4. The lowest BCUT2D eigenvalue weighted by Gasteiger charge is -2.17. The van der Waals surface area contributed by atoms with Gasteiger partial charge in [-0.15, -0.1) is 0 Å². The van der Waals surface area contributed by atoms with Crippen LogP contribution >= 0.6 is 30.3 Å². The Morgan fingerprint density at radius 3 is 2.12 bits per heavy atom. The van der Waals surface area contributed by atoms with Crippen LogP contribution < -0.4 is 4.72 Å². The van der Waals surface area contributed by atoms with E-state index in [2.05, 4.69) is 38.1 Å². The van der Waals surface area contributed by atoms with E-state index >= 15 is 0 Å². The number of hydrogen-bond acceptors (Lipinski definition) is 2. The van der Waals surface area contributed by atoms with Crippen molar-refractivity contribution < 1.29 is 4.39 Å². The average molecular weight is 359 g/mol. The van der Waals surface area contributed by atoms with Crippen LogP contribution in [0, 0.1) is 5.82 Å². The van der Waals surface area contributed by atoms with E-state index < -0.39 is 0 Å². The van der Waals surface area contributed by atoms with Gasteiger partial charge < -0.3 is 0 Å². The Hall–Kier alpha value is -0.590. The molecule has 1 nitrogen and oxygen atoms in total. The molecule has 0 radical (unpaired) electrons. The minimum absolute atomic E-state index is 0.0821. The van der Waals surface area contributed by atoms with Crippen LogP contribution in [0.15, 0.2) is 54.6 Å². The molecular weight excluding hydrogens is 348 g/mol. The fourth-order valence-corrected chi connectivity index (χ4v) is 2.80. The fourth-order valence-electron chi connectivity index (χ4n) is 1.67. The van der Waals surface area contributed by atoms with Crippen molar-refractivity contribution in [2.45, 2.75) is 6.04 Å². The molecule has 0 aliphatic rings. The van der Waals surface area contributed by atoms with Crippen LogP contribution in [-0.2, 0) is 0 Å². The van der Waals surface area contributed by atoms with Crippen molar-refractivity contribution in [2.75, 3.05) is 0 Å². The van der Waals surface area contributed by atoms with Gasteiger partial charge in [0.05, 0.1) is 6.04 Å². The first-order valence-corrected chi connectivity index (χ1v) is 8.50. The standard InChI is InChI=1S/C13H11FINS/c14-12-8-6-11(7-9-12)13(16-17-15)10-4-2-1-3-5-10/h1-9,13,16H. The third kappa shape index (κ3) is 3.43. The monoisotopic (exact) mass is 359 g/mol. The van der Waals surface area contributed by atoms with E-state index in [-0.39, 0.29) is 11.9 Å². The molecule has 2 aromatic rings. The van der Waals surface area contributed by atoms with Crippen molar-refractivity contribution in [2.24, 2.45) is 0 Å². The zero-order valence-electron chi connectivity index (χ0n) is 8.94. The van der Waals surface area contributed by atoms with Crippen LogP contribution in [0.3, 0.4) is 0 Å². The molecule has 0 aliphatic carbocycles. The lowest BCUT2D eigenvalue weighted by atomic mass is 10.00. The molecule has 0 saturated heterocycles. The highest BCUT2D eigenvalue weighted by Gasteiger charge is 2.12. The predicted octanol–water partition coefficient (Wildman–Crippen LogP) is 4.50. The molecule has 88 valence electrons. The van der Waals surface area contributed by atoms with Crippen molar-refractivity contribution in [1.82, 2.24) is 4.72 Å². The van der Waals surface area contributed by atoms with Gasteiger partial charge in [-0.1, -0.05) is 42.5 Å². The highest BCUT2D eigenvalue weighted by atomic mass is 127. The largest absolute Gasteiger partial charge is 0.243 e. The number of halogens is 2. The molecular formula is C13H11FINS. The van der Waals surface area contributed by atoms with Gasteiger partial charge in [0.1, 0.15) is 5.82 Å². The lowest BCUT2D eigenvalue weighted by molar-refractivity contribution is 0.626. The quantitative estimate of drug-likeness (QED) is 0.637. The summed E-state index contributed by atoms with van der Waals surface area (Å²) in [6.07, 6.45) is 0. The van der Waals surface area contributed by atoms with Gasteiger partial charge in [0.2, 0.25) is 0 Å². The van der Waals surface area contributed by atoms with Crippen molar-refractivity contribution >= 4 is 30.3 Å². The third-order valence-corrected chi connectivity index (χ3v) is 3.59. The number of nitrogens with one attached hydrogen (secondary N) is 1. The molecule has 0 aliphatic heterocycles. The first-order valence-electron chi connectivity index (χ1n) is 5.15. The van der Waals surface area contributed by atoms with E-state index in [1.54, 1.807) is 0 Å². The zero-order valence-corrected chi connectivity index (χ0v) is 11.9. The van der Waals surface area contributed by atoms with Gasteiger partial charge in [-0.3, -0.25) is 0 Å². The summed E-state index contributed by atoms with van der Waals surface area (Å²) in [7, 11) is 1.53. The summed E-state index contributed by atoms with van der Waals surface area (Å²) in [5.74, 6) is -0.206. The van der Waals surface area contributed by atoms with Crippen molar-refractivity contribution in [3.05, 3.63) is 71.5 Å². The molecule has 0 aromatic heterocycles. The average Bonchev–Trinajstić information content (AvgIpc) is 2.38. The minimum Gasteiger partial charge on any atom is -0.243 e. The maximum Gasteiger partial charge on any atom is 0.123 e. The summed E-state index contributed by atoms with van der Waals surface area (Å²) in [5, 5.41) is 0. The maximum atomic E-state index is 12.9. The highest BCUT2D eigenvalue weighted by Crippen LogP contribution is 2.25. The molecule has 1 N–H and O–H groups in total. The van der Waals surface area contributed by atoms with E-state index in [0.717, 1.165) is 5.56 Å². The van der Waals surface area contributed by atoms with Crippen LogP contribution in [0.2, 0.25) is 0 Å². The number of benzene rings is 2. The summed E-state index contributed by atoms with van der Waals surface area (Å²) < 4.78 is 16.2. The van der Waals surface area contributed by atoms with Crippen LogP contribution in [0.1, 0.15) is 17.2 Å². The maximum absolute atomic E-state index is 12.9. The zero-order chi connectivity index (χ0) is 12.1. The summed E-state index contributed by atoms with van der Waals surface area (Å²) in [4.78, 5) is 0. The van der Waals surface area contributed by atoms with E-state index in [0.29, 0.717) is 0 Å². The van der Waals surface area contributed by atoms with Gasteiger partial charge in [0, 0.05) is 21.2 Å². The molecule has 0 amide bonds. The summed E-state index contributed by atoms with van der Waals surface area (Å²) in [6, 6.07) is 16.8. The minimum atomic E-state index is -0.206. The second-order valence-corrected chi connectivity index (χ2v) is 5.30. The molecule has 0 saturated carbocycles. The van der Waals surface area contributed by atoms with Crippen molar-refractivity contribution in [1.29, 1.82) is 0 Å². The van der Waals surface area contributed by atoms with E-state index in [4.69, 9.17) is 0 Å². The van der Waals surface area contributed by atoms with Gasteiger partial charge in [0.25, 0.3) is 0 Å².